The number of hydrogen-bond acceptors (Lipinski definition) is 2. The van der Waals surface area contributed by atoms with Gasteiger partial charge in [0.25, 0.3) is 0 Å². The Labute approximate surface area is 75.5 Å². The first kappa shape index (κ1) is 11.8. The fourth-order valence-electron chi connectivity index (χ4n) is 1.46. The second kappa shape index (κ2) is 4.71. The zero-order chi connectivity index (χ0) is 9.78. The van der Waals surface area contributed by atoms with Crippen LogP contribution < -0.4 is 0 Å². The van der Waals surface area contributed by atoms with Crippen molar-refractivity contribution >= 4 is 13.8 Å². The average molecular weight is 189 g/mol. The summed E-state index contributed by atoms with van der Waals surface area (Å²) >= 11 is 0. The van der Waals surface area contributed by atoms with Gasteiger partial charge in [-0.2, -0.15) is 0 Å². The lowest BCUT2D eigenvalue weighted by Crippen LogP contribution is -2.12. The van der Waals surface area contributed by atoms with Crippen LogP contribution in [-0.2, 0) is 9.36 Å². The van der Waals surface area contributed by atoms with Crippen LogP contribution in [0.4, 0.5) is 0 Å². The predicted octanol–water partition coefficient (Wildman–Crippen LogP) is 3.08. The van der Waals surface area contributed by atoms with Crippen LogP contribution in [0.5, 0.6) is 0 Å². The third kappa shape index (κ3) is 6.48. The maximum atomic E-state index is 10.9. The summed E-state index contributed by atoms with van der Waals surface area (Å²) in [7, 11) is -1.60. The number of hydrogen-bond donors (Lipinski definition) is 0. The molecule has 0 radical (unpaired) electrons. The molecule has 2 unspecified atom stereocenters. The minimum atomic E-state index is -1.60. The van der Waals surface area contributed by atoms with E-state index in [1.165, 1.54) is 0 Å². The molecule has 2 atom stereocenters. The van der Waals surface area contributed by atoms with Gasteiger partial charge in [0.15, 0.2) is 6.16 Å². The maximum Gasteiger partial charge on any atom is 0.411 e. The summed E-state index contributed by atoms with van der Waals surface area (Å²) in [4.78, 5) is 10.1. The Morgan fingerprint density at radius 1 is 1.42 bits per heavy atom. The van der Waals surface area contributed by atoms with Crippen molar-refractivity contribution in [2.24, 2.45) is 11.3 Å². The van der Waals surface area contributed by atoms with Crippen LogP contribution in [0.1, 0.15) is 34.1 Å². The summed E-state index contributed by atoms with van der Waals surface area (Å²) in [6.45, 7) is 8.49. The van der Waals surface area contributed by atoms with E-state index in [0.29, 0.717) is 18.1 Å². The molecule has 0 aromatic rings. The van der Waals surface area contributed by atoms with Crippen LogP contribution in [0.2, 0.25) is 0 Å². The van der Waals surface area contributed by atoms with E-state index in [2.05, 4.69) is 20.8 Å². The van der Waals surface area contributed by atoms with E-state index in [9.17, 15) is 9.36 Å². The smallest absolute Gasteiger partial charge is 0.244 e. The predicted molar refractivity (Wildman–Crippen MR) is 52.5 cm³/mol. The van der Waals surface area contributed by atoms with Gasteiger partial charge < -0.3 is 0 Å². The zero-order valence-corrected chi connectivity index (χ0v) is 9.23. The van der Waals surface area contributed by atoms with Crippen molar-refractivity contribution < 1.29 is 9.36 Å². The Morgan fingerprint density at radius 2 is 1.92 bits per heavy atom. The Kier molecular flexibility index (Phi) is 4.62. The molecule has 0 rings (SSSR count). The molecule has 0 amide bonds. The minimum Gasteiger partial charge on any atom is -0.244 e. The van der Waals surface area contributed by atoms with Gasteiger partial charge in [0.2, 0.25) is 0 Å². The maximum absolute atomic E-state index is 10.9. The quantitative estimate of drug-likeness (QED) is 0.503. The first-order valence-corrected chi connectivity index (χ1v) is 5.75. The Bertz CT molecular complexity index is 170. The van der Waals surface area contributed by atoms with Crippen molar-refractivity contribution in [1.82, 2.24) is 0 Å². The van der Waals surface area contributed by atoms with Gasteiger partial charge in [-0.15, -0.1) is 0 Å². The van der Waals surface area contributed by atoms with Crippen LogP contribution in [0.25, 0.3) is 0 Å². The monoisotopic (exact) mass is 189 g/mol. The second-order valence-corrected chi connectivity index (χ2v) is 5.99. The minimum absolute atomic E-state index is 0.262. The highest BCUT2D eigenvalue weighted by molar-refractivity contribution is 7.60. The average Bonchev–Trinajstić information content (AvgIpc) is 1.82. The Morgan fingerprint density at radius 3 is 2.25 bits per heavy atom. The molecule has 70 valence electrons. The van der Waals surface area contributed by atoms with Gasteiger partial charge in [0.1, 0.15) is 0 Å². The highest BCUT2D eigenvalue weighted by Crippen LogP contribution is 2.29. The van der Waals surface area contributed by atoms with Gasteiger partial charge in [0.05, 0.1) is 0 Å². The third-order valence-electron chi connectivity index (χ3n) is 1.57. The molecule has 0 heterocycles. The second-order valence-electron chi connectivity index (χ2n) is 4.58. The highest BCUT2D eigenvalue weighted by atomic mass is 31.1. The van der Waals surface area contributed by atoms with E-state index in [4.69, 9.17) is 0 Å². The number of carbonyl (C=O) groups is 1. The molecule has 0 saturated carbocycles. The van der Waals surface area contributed by atoms with Gasteiger partial charge >= 0.3 is 13.8 Å². The van der Waals surface area contributed by atoms with Crippen molar-refractivity contribution in [1.29, 1.82) is 0 Å². The van der Waals surface area contributed by atoms with Gasteiger partial charge in [0, 0.05) is 5.92 Å². The fourth-order valence-corrected chi connectivity index (χ4v) is 2.29. The van der Waals surface area contributed by atoms with Crippen molar-refractivity contribution in [3.63, 3.8) is 0 Å². The standard InChI is InChI=1S/C9H18O2P/c1-8(5-9(2,3)4)6-12(11)7-10/h7-8H,5-6H2,1-4H3/q+1. The summed E-state index contributed by atoms with van der Waals surface area (Å²) in [5.74, 6) is 0.374. The Hall–Kier alpha value is -0.230. The molecule has 0 spiro atoms. The van der Waals surface area contributed by atoms with Crippen molar-refractivity contribution in [2.75, 3.05) is 6.16 Å². The molecule has 12 heavy (non-hydrogen) atoms. The fraction of sp³-hybridized carbons (Fsp3) is 0.889. The van der Waals surface area contributed by atoms with E-state index in [1.54, 1.807) is 0 Å². The largest absolute Gasteiger partial charge is 0.411 e. The summed E-state index contributed by atoms with van der Waals surface area (Å²) in [6.07, 6.45) is 1.55. The lowest BCUT2D eigenvalue weighted by molar-refractivity contribution is 0.322. The SMILES string of the molecule is CC(C[P+](=O)C=O)CC(C)(C)C. The topological polar surface area (TPSA) is 34.1 Å². The first-order valence-electron chi connectivity index (χ1n) is 4.24. The summed E-state index contributed by atoms with van der Waals surface area (Å²) in [6, 6.07) is 0.564. The van der Waals surface area contributed by atoms with Crippen LogP contribution >= 0.6 is 7.80 Å². The molecule has 0 aliphatic heterocycles. The molecule has 0 aliphatic rings. The third-order valence-corrected chi connectivity index (χ3v) is 2.79. The highest BCUT2D eigenvalue weighted by Gasteiger charge is 2.23. The van der Waals surface area contributed by atoms with E-state index >= 15 is 0 Å². The lowest BCUT2D eigenvalue weighted by atomic mass is 9.86. The number of carbonyl (C=O) groups excluding carboxylic acids is 1. The van der Waals surface area contributed by atoms with Gasteiger partial charge in [-0.3, -0.25) is 0 Å². The molecule has 0 fully saturated rings. The molecule has 0 aromatic heterocycles. The van der Waals surface area contributed by atoms with E-state index < -0.39 is 7.80 Å². The summed E-state index contributed by atoms with van der Waals surface area (Å²) in [5.41, 5.74) is 0.262. The number of rotatable bonds is 4. The molecule has 0 N–H and O–H groups in total. The Balaban J connectivity index is 3.82. The molecule has 3 heteroatoms. The summed E-state index contributed by atoms with van der Waals surface area (Å²) in [5, 5.41) is 0. The molecule has 0 aliphatic carbocycles. The molecular weight excluding hydrogens is 171 g/mol. The van der Waals surface area contributed by atoms with Crippen LogP contribution in [0, 0.1) is 11.3 Å². The van der Waals surface area contributed by atoms with Gasteiger partial charge in [-0.25, -0.2) is 4.79 Å². The van der Waals surface area contributed by atoms with E-state index in [0.717, 1.165) is 6.42 Å². The van der Waals surface area contributed by atoms with Crippen molar-refractivity contribution in [2.45, 2.75) is 34.1 Å². The molecule has 2 nitrogen and oxygen atoms in total. The normalized spacial score (nSPS) is 15.5. The van der Waals surface area contributed by atoms with Crippen molar-refractivity contribution in [3.8, 4) is 0 Å². The van der Waals surface area contributed by atoms with Crippen LogP contribution in [0.15, 0.2) is 0 Å². The van der Waals surface area contributed by atoms with Crippen molar-refractivity contribution in [3.05, 3.63) is 0 Å². The van der Waals surface area contributed by atoms with Crippen LogP contribution in [0.3, 0.4) is 0 Å². The van der Waals surface area contributed by atoms with Crippen LogP contribution in [-0.4, -0.2) is 12.2 Å². The van der Waals surface area contributed by atoms with E-state index in [1.807, 2.05) is 6.92 Å². The molecule has 0 saturated heterocycles. The molecule has 0 bridgehead atoms. The zero-order valence-electron chi connectivity index (χ0n) is 8.33. The first-order chi connectivity index (χ1) is 5.35. The van der Waals surface area contributed by atoms with E-state index in [-0.39, 0.29) is 5.41 Å². The lowest BCUT2D eigenvalue weighted by Gasteiger charge is -2.20. The summed E-state index contributed by atoms with van der Waals surface area (Å²) < 4.78 is 10.9. The van der Waals surface area contributed by atoms with Gasteiger partial charge in [-0.05, 0) is 11.8 Å². The molecular formula is C9H18O2P+. The van der Waals surface area contributed by atoms with Gasteiger partial charge in [-0.1, -0.05) is 32.3 Å². The molecule has 0 aromatic carbocycles.